The second-order valence-electron chi connectivity index (χ2n) is 8.53. The lowest BCUT2D eigenvalue weighted by Gasteiger charge is -2.37. The highest BCUT2D eigenvalue weighted by Crippen LogP contribution is 2.44. The number of ether oxygens (including phenoxy) is 1. The van der Waals surface area contributed by atoms with Gasteiger partial charge in [0.05, 0.1) is 0 Å². The van der Waals surface area contributed by atoms with Crippen LogP contribution in [0.4, 0.5) is 13.2 Å². The predicted molar refractivity (Wildman–Crippen MR) is 107 cm³/mol. The van der Waals surface area contributed by atoms with Gasteiger partial charge in [-0.25, -0.2) is 13.2 Å². The molecule has 0 N–H and O–H groups in total. The second-order valence-corrected chi connectivity index (χ2v) is 12.0. The third-order valence-corrected chi connectivity index (χ3v) is 10.5. The largest absolute Gasteiger partial charge is 0.485 e. The van der Waals surface area contributed by atoms with Gasteiger partial charge in [-0.2, -0.15) is 0 Å². The van der Waals surface area contributed by atoms with E-state index in [0.717, 1.165) is 30.2 Å². The third-order valence-electron chi connectivity index (χ3n) is 6.84. The van der Waals surface area contributed by atoms with Gasteiger partial charge in [0.1, 0.15) is 13.3 Å². The Morgan fingerprint density at radius 2 is 1.56 bits per heavy atom. The van der Waals surface area contributed by atoms with Crippen LogP contribution in [0.2, 0.25) is 18.1 Å². The van der Waals surface area contributed by atoms with E-state index in [-0.39, 0.29) is 12.5 Å². The molecule has 1 nitrogen and oxygen atoms in total. The SMILES string of the molecule is CCC[Si@H]1CC[C@H]([C@H]2CC[C@H](c3cc(F)c(OCCF)c(F)c3)CC2)CC1. The number of hydrogen-bond acceptors (Lipinski definition) is 1. The van der Waals surface area contributed by atoms with Crippen molar-refractivity contribution in [3.63, 3.8) is 0 Å². The minimum absolute atomic E-state index is 0.228. The first-order valence-electron chi connectivity index (χ1n) is 10.8. The Balaban J connectivity index is 1.53. The van der Waals surface area contributed by atoms with Crippen LogP contribution in [-0.2, 0) is 0 Å². The third kappa shape index (κ3) is 5.30. The maximum Gasteiger partial charge on any atom is 0.190 e. The summed E-state index contributed by atoms with van der Waals surface area (Å²) in [7, 11) is -0.424. The molecule has 1 aliphatic carbocycles. The molecule has 0 bridgehead atoms. The molecule has 1 saturated carbocycles. The van der Waals surface area contributed by atoms with Gasteiger partial charge in [-0.1, -0.05) is 44.3 Å². The Morgan fingerprint density at radius 3 is 2.11 bits per heavy atom. The summed E-state index contributed by atoms with van der Waals surface area (Å²) in [6.45, 7) is 1.24. The highest BCUT2D eigenvalue weighted by molar-refractivity contribution is 6.58. The molecule has 5 heteroatoms. The quantitative estimate of drug-likeness (QED) is 0.468. The number of hydrogen-bond donors (Lipinski definition) is 0. The molecule has 1 heterocycles. The summed E-state index contributed by atoms with van der Waals surface area (Å²) in [6, 6.07) is 7.35. The molecule has 1 saturated heterocycles. The van der Waals surface area contributed by atoms with Gasteiger partial charge in [0.2, 0.25) is 0 Å². The average Bonchev–Trinajstić information content (AvgIpc) is 2.68. The van der Waals surface area contributed by atoms with Gasteiger partial charge in [0.25, 0.3) is 0 Å². The van der Waals surface area contributed by atoms with Crippen molar-refractivity contribution in [2.24, 2.45) is 11.8 Å². The van der Waals surface area contributed by atoms with Crippen LogP contribution in [-0.4, -0.2) is 22.1 Å². The fourth-order valence-corrected chi connectivity index (χ4v) is 8.86. The van der Waals surface area contributed by atoms with Crippen molar-refractivity contribution in [2.75, 3.05) is 13.3 Å². The standard InChI is InChI=1S/C22H33F3OSi/c1-2-11-27-12-7-18(8-13-27)16-3-5-17(6-4-16)19-14-20(24)22(21(25)15-19)26-10-9-23/h14-18,27H,2-13H2,1H3/t16-,17-,18-,27-. The average molecular weight is 399 g/mol. The Kier molecular flexibility index (Phi) is 7.68. The van der Waals surface area contributed by atoms with Crippen LogP contribution in [0.3, 0.4) is 0 Å². The summed E-state index contributed by atoms with van der Waals surface area (Å²) in [5, 5.41) is 0. The Bertz CT molecular complexity index is 570. The topological polar surface area (TPSA) is 9.23 Å². The molecular formula is C22H33F3OSi. The highest BCUT2D eigenvalue weighted by Gasteiger charge is 2.32. The smallest absolute Gasteiger partial charge is 0.190 e. The molecule has 1 aliphatic heterocycles. The normalized spacial score (nSPS) is 28.9. The molecule has 0 atom stereocenters. The zero-order chi connectivity index (χ0) is 19.2. The fourth-order valence-electron chi connectivity index (χ4n) is 5.37. The maximum absolute atomic E-state index is 14.2. The Morgan fingerprint density at radius 1 is 0.963 bits per heavy atom. The van der Waals surface area contributed by atoms with Gasteiger partial charge in [-0.05, 0) is 61.1 Å². The summed E-state index contributed by atoms with van der Waals surface area (Å²) >= 11 is 0. The van der Waals surface area contributed by atoms with Crippen molar-refractivity contribution in [1.29, 1.82) is 0 Å². The number of halogens is 3. The number of alkyl halides is 1. The molecule has 152 valence electrons. The minimum Gasteiger partial charge on any atom is -0.485 e. The van der Waals surface area contributed by atoms with Crippen molar-refractivity contribution >= 4 is 8.80 Å². The van der Waals surface area contributed by atoms with E-state index in [1.165, 1.54) is 62.4 Å². The van der Waals surface area contributed by atoms with Crippen LogP contribution in [0.15, 0.2) is 12.1 Å². The summed E-state index contributed by atoms with van der Waals surface area (Å²) in [5.74, 6) is 0.0557. The zero-order valence-electron chi connectivity index (χ0n) is 16.5. The molecule has 1 aromatic rings. The number of benzene rings is 1. The van der Waals surface area contributed by atoms with Gasteiger partial charge in [-0.3, -0.25) is 0 Å². The first-order chi connectivity index (χ1) is 13.1. The molecule has 2 aliphatic rings. The van der Waals surface area contributed by atoms with E-state index in [1.54, 1.807) is 0 Å². The first-order valence-corrected chi connectivity index (χ1v) is 13.2. The van der Waals surface area contributed by atoms with Crippen molar-refractivity contribution in [1.82, 2.24) is 0 Å². The van der Waals surface area contributed by atoms with Crippen molar-refractivity contribution in [3.8, 4) is 5.75 Å². The first kappa shape index (κ1) is 20.8. The molecule has 3 rings (SSSR count). The van der Waals surface area contributed by atoms with Crippen LogP contribution in [0, 0.1) is 23.5 Å². The molecule has 27 heavy (non-hydrogen) atoms. The van der Waals surface area contributed by atoms with E-state index in [4.69, 9.17) is 4.74 Å². The maximum atomic E-state index is 14.2. The second kappa shape index (κ2) is 9.99. The summed E-state index contributed by atoms with van der Waals surface area (Å²) in [5.41, 5.74) is 0.732. The van der Waals surface area contributed by atoms with E-state index in [9.17, 15) is 13.2 Å². The van der Waals surface area contributed by atoms with E-state index >= 15 is 0 Å². The van der Waals surface area contributed by atoms with Crippen LogP contribution >= 0.6 is 0 Å². The van der Waals surface area contributed by atoms with Gasteiger partial charge in [-0.15, -0.1) is 0 Å². The van der Waals surface area contributed by atoms with Crippen molar-refractivity contribution in [2.45, 2.75) is 75.9 Å². The van der Waals surface area contributed by atoms with Crippen LogP contribution in [0.25, 0.3) is 0 Å². The van der Waals surface area contributed by atoms with Crippen LogP contribution < -0.4 is 4.74 Å². The van der Waals surface area contributed by atoms with Gasteiger partial charge in [0.15, 0.2) is 17.4 Å². The van der Waals surface area contributed by atoms with Crippen molar-refractivity contribution < 1.29 is 17.9 Å². The molecule has 2 fully saturated rings. The van der Waals surface area contributed by atoms with E-state index in [0.29, 0.717) is 0 Å². The van der Waals surface area contributed by atoms with E-state index < -0.39 is 32.9 Å². The summed E-state index contributed by atoms with van der Waals surface area (Å²) < 4.78 is 45.4. The van der Waals surface area contributed by atoms with Crippen molar-refractivity contribution in [3.05, 3.63) is 29.3 Å². The summed E-state index contributed by atoms with van der Waals surface area (Å²) in [6.07, 6.45) is 8.60. The minimum atomic E-state index is -0.756. The lowest BCUT2D eigenvalue weighted by atomic mass is 9.72. The van der Waals surface area contributed by atoms with Crippen LogP contribution in [0.1, 0.15) is 63.4 Å². The highest BCUT2D eigenvalue weighted by atomic mass is 28.3. The van der Waals surface area contributed by atoms with Gasteiger partial charge >= 0.3 is 0 Å². The lowest BCUT2D eigenvalue weighted by Crippen LogP contribution is -2.28. The molecule has 0 radical (unpaired) electrons. The Hall–Kier alpha value is -0.973. The van der Waals surface area contributed by atoms with E-state index in [1.807, 2.05) is 0 Å². The number of rotatable bonds is 7. The van der Waals surface area contributed by atoms with Gasteiger partial charge in [0, 0.05) is 8.80 Å². The Labute approximate surface area is 163 Å². The molecular weight excluding hydrogens is 365 g/mol. The van der Waals surface area contributed by atoms with Crippen LogP contribution in [0.5, 0.6) is 5.75 Å². The van der Waals surface area contributed by atoms with Gasteiger partial charge < -0.3 is 4.74 Å². The predicted octanol–water partition coefficient (Wildman–Crippen LogP) is 6.63. The fraction of sp³-hybridized carbons (Fsp3) is 0.727. The van der Waals surface area contributed by atoms with E-state index in [2.05, 4.69) is 6.92 Å². The molecule has 0 unspecified atom stereocenters. The summed E-state index contributed by atoms with van der Waals surface area (Å²) in [4.78, 5) is 0. The molecule has 0 aromatic heterocycles. The lowest BCUT2D eigenvalue weighted by molar-refractivity contribution is 0.215. The zero-order valence-corrected chi connectivity index (χ0v) is 17.6. The molecule has 0 amide bonds. The molecule has 0 spiro atoms. The molecule has 1 aromatic carbocycles. The monoisotopic (exact) mass is 398 g/mol.